The van der Waals surface area contributed by atoms with Crippen LogP contribution >= 0.6 is 15.9 Å². The van der Waals surface area contributed by atoms with Gasteiger partial charge in [-0.1, -0.05) is 22.0 Å². The first kappa shape index (κ1) is 8.23. The van der Waals surface area contributed by atoms with Gasteiger partial charge < -0.3 is 10.8 Å². The average Bonchev–Trinajstić information content (AvgIpc) is 2.31. The van der Waals surface area contributed by atoms with Crippen LogP contribution in [0.25, 0.3) is 0 Å². The number of nitrogens with two attached hydrogens (primary N) is 1. The van der Waals surface area contributed by atoms with Crippen molar-refractivity contribution in [2.45, 2.75) is 18.6 Å². The average molecular weight is 228 g/mol. The second kappa shape index (κ2) is 2.83. The second-order valence-corrected chi connectivity index (χ2v) is 4.06. The third-order valence-corrected chi connectivity index (χ3v) is 2.80. The summed E-state index contributed by atoms with van der Waals surface area (Å²) < 4.78 is 1.02. The van der Waals surface area contributed by atoms with Crippen molar-refractivity contribution in [3.8, 4) is 0 Å². The minimum Gasteiger partial charge on any atom is -0.391 e. The van der Waals surface area contributed by atoms with Crippen LogP contribution in [0.15, 0.2) is 22.7 Å². The lowest BCUT2D eigenvalue weighted by molar-refractivity contribution is 0.158. The summed E-state index contributed by atoms with van der Waals surface area (Å²) in [4.78, 5) is 0. The number of rotatable bonds is 0. The Morgan fingerprint density at radius 1 is 1.50 bits per heavy atom. The van der Waals surface area contributed by atoms with Gasteiger partial charge in [-0.2, -0.15) is 0 Å². The Hall–Kier alpha value is -0.380. The predicted octanol–water partition coefficient (Wildman–Crippen LogP) is 1.37. The molecule has 0 aromatic heterocycles. The maximum atomic E-state index is 9.47. The van der Waals surface area contributed by atoms with Gasteiger partial charge in [0.25, 0.3) is 0 Å². The molecule has 0 aliphatic heterocycles. The smallest absolute Gasteiger partial charge is 0.0773 e. The third-order valence-electron chi connectivity index (χ3n) is 2.31. The lowest BCUT2D eigenvalue weighted by atomic mass is 10.1. The zero-order valence-corrected chi connectivity index (χ0v) is 8.08. The van der Waals surface area contributed by atoms with E-state index in [-0.39, 0.29) is 6.04 Å². The molecule has 2 unspecified atom stereocenters. The van der Waals surface area contributed by atoms with E-state index < -0.39 is 6.10 Å². The molecule has 0 saturated carbocycles. The van der Waals surface area contributed by atoms with Gasteiger partial charge in [0.15, 0.2) is 0 Å². The number of aliphatic hydroxyl groups excluding tert-OH is 1. The van der Waals surface area contributed by atoms with Gasteiger partial charge in [-0.25, -0.2) is 0 Å². The Morgan fingerprint density at radius 3 is 3.00 bits per heavy atom. The fraction of sp³-hybridized carbons (Fsp3) is 0.333. The molecule has 2 nitrogen and oxygen atoms in total. The maximum Gasteiger partial charge on any atom is 0.0773 e. The molecule has 3 N–H and O–H groups in total. The van der Waals surface area contributed by atoms with Gasteiger partial charge in [0.2, 0.25) is 0 Å². The van der Waals surface area contributed by atoms with E-state index in [2.05, 4.69) is 15.9 Å². The van der Waals surface area contributed by atoms with Gasteiger partial charge in [0.05, 0.1) is 12.1 Å². The largest absolute Gasteiger partial charge is 0.391 e. The van der Waals surface area contributed by atoms with Crippen LogP contribution in [0, 0.1) is 0 Å². The first-order valence-corrected chi connectivity index (χ1v) is 4.70. The first-order valence-electron chi connectivity index (χ1n) is 3.90. The summed E-state index contributed by atoms with van der Waals surface area (Å²) in [7, 11) is 0. The van der Waals surface area contributed by atoms with E-state index in [0.29, 0.717) is 6.42 Å². The molecule has 0 fully saturated rings. The zero-order chi connectivity index (χ0) is 8.72. The van der Waals surface area contributed by atoms with Crippen LogP contribution in [0.2, 0.25) is 0 Å². The fourth-order valence-electron chi connectivity index (χ4n) is 1.62. The standard InChI is InChI=1S/C9H10BrNO/c10-6-2-1-5-3-8(12)9(11)7(5)4-6/h1-2,4,8-9,12H,3,11H2. The normalized spacial score (nSPS) is 27.2. The van der Waals surface area contributed by atoms with E-state index in [1.54, 1.807) is 0 Å². The zero-order valence-electron chi connectivity index (χ0n) is 6.50. The molecule has 0 bridgehead atoms. The van der Waals surface area contributed by atoms with Crippen molar-refractivity contribution in [3.63, 3.8) is 0 Å². The van der Waals surface area contributed by atoms with Crippen molar-refractivity contribution >= 4 is 15.9 Å². The van der Waals surface area contributed by atoms with Crippen LogP contribution in [0.4, 0.5) is 0 Å². The van der Waals surface area contributed by atoms with E-state index in [0.717, 1.165) is 10.0 Å². The minimum atomic E-state index is -0.408. The summed E-state index contributed by atoms with van der Waals surface area (Å²) in [6, 6.07) is 5.76. The molecule has 0 radical (unpaired) electrons. The highest BCUT2D eigenvalue weighted by Gasteiger charge is 2.27. The van der Waals surface area contributed by atoms with Gasteiger partial charge in [-0.05, 0) is 23.3 Å². The molecule has 0 saturated heterocycles. The number of halogens is 1. The van der Waals surface area contributed by atoms with Crippen LogP contribution in [0.1, 0.15) is 17.2 Å². The van der Waals surface area contributed by atoms with Gasteiger partial charge in [0.1, 0.15) is 0 Å². The Labute approximate surface area is 79.5 Å². The molecule has 2 atom stereocenters. The van der Waals surface area contributed by atoms with Crippen molar-refractivity contribution in [2.24, 2.45) is 5.73 Å². The molecule has 1 aliphatic rings. The van der Waals surface area contributed by atoms with Crippen LogP contribution < -0.4 is 5.73 Å². The topological polar surface area (TPSA) is 46.2 Å². The molecule has 1 aromatic carbocycles. The Morgan fingerprint density at radius 2 is 2.25 bits per heavy atom. The lowest BCUT2D eigenvalue weighted by Crippen LogP contribution is -2.21. The lowest BCUT2D eigenvalue weighted by Gasteiger charge is -2.08. The minimum absolute atomic E-state index is 0.211. The maximum absolute atomic E-state index is 9.47. The highest BCUT2D eigenvalue weighted by molar-refractivity contribution is 9.10. The quantitative estimate of drug-likeness (QED) is 0.704. The molecule has 64 valence electrons. The summed E-state index contributed by atoms with van der Waals surface area (Å²) in [6.07, 6.45) is 0.276. The summed E-state index contributed by atoms with van der Waals surface area (Å²) in [5.41, 5.74) is 8.02. The van der Waals surface area contributed by atoms with Crippen molar-refractivity contribution in [1.29, 1.82) is 0 Å². The Balaban J connectivity index is 2.48. The third kappa shape index (κ3) is 1.18. The van der Waals surface area contributed by atoms with E-state index in [4.69, 9.17) is 5.73 Å². The molecule has 12 heavy (non-hydrogen) atoms. The number of fused-ring (bicyclic) bond motifs is 1. The van der Waals surface area contributed by atoms with Crippen molar-refractivity contribution in [3.05, 3.63) is 33.8 Å². The molecule has 0 heterocycles. The molecule has 3 heteroatoms. The van der Waals surface area contributed by atoms with Gasteiger partial charge in [-0.15, -0.1) is 0 Å². The van der Waals surface area contributed by atoms with Crippen LogP contribution in [-0.2, 0) is 6.42 Å². The van der Waals surface area contributed by atoms with Crippen LogP contribution in [-0.4, -0.2) is 11.2 Å². The number of aliphatic hydroxyl groups is 1. The second-order valence-electron chi connectivity index (χ2n) is 3.14. The molecular formula is C9H10BrNO. The van der Waals surface area contributed by atoms with E-state index in [1.807, 2.05) is 18.2 Å². The molecule has 1 aromatic rings. The number of hydrogen-bond donors (Lipinski definition) is 2. The highest BCUT2D eigenvalue weighted by atomic mass is 79.9. The molecule has 1 aliphatic carbocycles. The highest BCUT2D eigenvalue weighted by Crippen LogP contribution is 2.31. The summed E-state index contributed by atoms with van der Waals surface area (Å²) in [5.74, 6) is 0. The molecule has 0 spiro atoms. The summed E-state index contributed by atoms with van der Waals surface area (Å²) in [5, 5.41) is 9.47. The number of hydrogen-bond acceptors (Lipinski definition) is 2. The fourth-order valence-corrected chi connectivity index (χ4v) is 2.00. The van der Waals surface area contributed by atoms with Gasteiger partial charge in [0, 0.05) is 10.9 Å². The molecular weight excluding hydrogens is 218 g/mol. The van der Waals surface area contributed by atoms with Gasteiger partial charge >= 0.3 is 0 Å². The SMILES string of the molecule is NC1c2cc(Br)ccc2CC1O. The predicted molar refractivity (Wildman–Crippen MR) is 50.8 cm³/mol. The number of benzene rings is 1. The van der Waals surface area contributed by atoms with E-state index in [1.165, 1.54) is 5.56 Å². The van der Waals surface area contributed by atoms with Crippen molar-refractivity contribution < 1.29 is 5.11 Å². The molecule has 2 rings (SSSR count). The Kier molecular flexibility index (Phi) is 1.94. The Bertz CT molecular complexity index is 313. The summed E-state index contributed by atoms with van der Waals surface area (Å²) >= 11 is 3.38. The van der Waals surface area contributed by atoms with Crippen LogP contribution in [0.5, 0.6) is 0 Å². The monoisotopic (exact) mass is 227 g/mol. The van der Waals surface area contributed by atoms with Crippen molar-refractivity contribution in [2.75, 3.05) is 0 Å². The van der Waals surface area contributed by atoms with Crippen LogP contribution in [0.3, 0.4) is 0 Å². The van der Waals surface area contributed by atoms with E-state index in [9.17, 15) is 5.11 Å². The molecule has 0 amide bonds. The van der Waals surface area contributed by atoms with E-state index >= 15 is 0 Å². The summed E-state index contributed by atoms with van der Waals surface area (Å²) in [6.45, 7) is 0. The van der Waals surface area contributed by atoms with Crippen molar-refractivity contribution in [1.82, 2.24) is 0 Å². The first-order chi connectivity index (χ1) is 5.68. The van der Waals surface area contributed by atoms with Gasteiger partial charge in [-0.3, -0.25) is 0 Å².